The third-order valence-corrected chi connectivity index (χ3v) is 1.55. The van der Waals surface area contributed by atoms with Crippen molar-refractivity contribution in [3.05, 3.63) is 29.2 Å². The van der Waals surface area contributed by atoms with Crippen LogP contribution in [0, 0.1) is 4.91 Å². The van der Waals surface area contributed by atoms with Crippen LogP contribution >= 0.6 is 0 Å². The van der Waals surface area contributed by atoms with Crippen molar-refractivity contribution in [3.63, 3.8) is 0 Å². The normalized spacial score (nSPS) is 9.67. The first-order valence-electron chi connectivity index (χ1n) is 3.97. The lowest BCUT2D eigenvalue weighted by Gasteiger charge is -1.96. The predicted molar refractivity (Wildman–Crippen MR) is 45.6 cm³/mol. The molecule has 0 N–H and O–H groups in total. The van der Waals surface area contributed by atoms with Crippen LogP contribution in [0.1, 0.15) is 18.5 Å². The Kier molecular flexibility index (Phi) is 3.91. The minimum atomic E-state index is 0.403. The average molecular weight is 165 g/mol. The van der Waals surface area contributed by atoms with Crippen molar-refractivity contribution in [1.29, 1.82) is 0 Å². The fourth-order valence-electron chi connectivity index (χ4n) is 0.942. The minimum absolute atomic E-state index is 0.403. The first-order valence-corrected chi connectivity index (χ1v) is 3.97. The Morgan fingerprint density at radius 3 is 2.92 bits per heavy atom. The molecule has 0 amide bonds. The number of rotatable bonds is 5. The van der Waals surface area contributed by atoms with E-state index in [1.165, 1.54) is 0 Å². The van der Waals surface area contributed by atoms with Crippen LogP contribution in [-0.4, -0.2) is 16.5 Å². The van der Waals surface area contributed by atoms with Crippen LogP contribution in [0.5, 0.6) is 0 Å². The van der Waals surface area contributed by atoms with Gasteiger partial charge < -0.3 is 0 Å². The number of aromatic nitrogens is 2. The summed E-state index contributed by atoms with van der Waals surface area (Å²) in [6, 6.07) is 0. The molecule has 1 aromatic heterocycles. The van der Waals surface area contributed by atoms with Crippen LogP contribution in [0.25, 0.3) is 0 Å². The molecule has 0 aliphatic heterocycles. The van der Waals surface area contributed by atoms with E-state index in [1.807, 2.05) is 0 Å². The summed E-state index contributed by atoms with van der Waals surface area (Å²) in [7, 11) is 0. The summed E-state index contributed by atoms with van der Waals surface area (Å²) in [5.41, 5.74) is 0.975. The summed E-state index contributed by atoms with van der Waals surface area (Å²) in [4.78, 5) is 17.8. The molecule has 0 saturated heterocycles. The van der Waals surface area contributed by atoms with E-state index in [4.69, 9.17) is 0 Å². The molecule has 1 aromatic rings. The second kappa shape index (κ2) is 5.35. The van der Waals surface area contributed by atoms with Gasteiger partial charge in [-0.2, -0.15) is 4.91 Å². The van der Waals surface area contributed by atoms with Crippen LogP contribution < -0.4 is 0 Å². The van der Waals surface area contributed by atoms with Crippen LogP contribution in [-0.2, 0) is 6.42 Å². The van der Waals surface area contributed by atoms with Gasteiger partial charge in [-0.15, -0.1) is 0 Å². The highest BCUT2D eigenvalue weighted by Gasteiger charge is 1.93. The molecule has 0 aromatic carbocycles. The largest absolute Gasteiger partial charge is 0.261 e. The number of aryl methyl sites for hydroxylation is 1. The van der Waals surface area contributed by atoms with E-state index >= 15 is 0 Å². The SMILES string of the molecule is O=NCCCCc1cnccn1. The van der Waals surface area contributed by atoms with E-state index in [1.54, 1.807) is 18.6 Å². The summed E-state index contributed by atoms with van der Waals surface area (Å²) in [5.74, 6) is 0. The quantitative estimate of drug-likeness (QED) is 0.491. The molecule has 0 aliphatic carbocycles. The van der Waals surface area contributed by atoms with Gasteiger partial charge in [-0.05, 0) is 19.3 Å². The third kappa shape index (κ3) is 3.18. The first-order chi connectivity index (χ1) is 5.93. The van der Waals surface area contributed by atoms with Crippen molar-refractivity contribution >= 4 is 0 Å². The molecular formula is C8H11N3O. The molecule has 0 spiro atoms. The van der Waals surface area contributed by atoms with Crippen molar-refractivity contribution < 1.29 is 0 Å². The van der Waals surface area contributed by atoms with Gasteiger partial charge in [-0.3, -0.25) is 9.97 Å². The Labute approximate surface area is 71.0 Å². The second-order valence-corrected chi connectivity index (χ2v) is 2.51. The van der Waals surface area contributed by atoms with Crippen molar-refractivity contribution in [2.45, 2.75) is 19.3 Å². The molecule has 0 aliphatic rings. The maximum Gasteiger partial charge on any atom is 0.0811 e. The summed E-state index contributed by atoms with van der Waals surface area (Å²) in [6.45, 7) is 0.403. The number of nitrogens with zero attached hydrogens (tertiary/aromatic N) is 3. The van der Waals surface area contributed by atoms with E-state index < -0.39 is 0 Å². The highest BCUT2D eigenvalue weighted by atomic mass is 16.3. The van der Waals surface area contributed by atoms with Gasteiger partial charge in [0.15, 0.2) is 0 Å². The van der Waals surface area contributed by atoms with Gasteiger partial charge in [-0.1, -0.05) is 5.18 Å². The van der Waals surface area contributed by atoms with Gasteiger partial charge in [0.1, 0.15) is 0 Å². The van der Waals surface area contributed by atoms with Crippen molar-refractivity contribution in [2.75, 3.05) is 6.54 Å². The van der Waals surface area contributed by atoms with E-state index in [0.29, 0.717) is 6.54 Å². The summed E-state index contributed by atoms with van der Waals surface area (Å²) >= 11 is 0. The average Bonchev–Trinajstić information content (AvgIpc) is 2.14. The molecule has 64 valence electrons. The Balaban J connectivity index is 2.20. The molecule has 0 radical (unpaired) electrons. The van der Waals surface area contributed by atoms with Gasteiger partial charge >= 0.3 is 0 Å². The van der Waals surface area contributed by atoms with E-state index in [0.717, 1.165) is 25.0 Å². The molecule has 12 heavy (non-hydrogen) atoms. The smallest absolute Gasteiger partial charge is 0.0811 e. The topological polar surface area (TPSA) is 55.2 Å². The van der Waals surface area contributed by atoms with Gasteiger partial charge in [0, 0.05) is 18.6 Å². The van der Waals surface area contributed by atoms with E-state index in [2.05, 4.69) is 15.1 Å². The van der Waals surface area contributed by atoms with Crippen molar-refractivity contribution in [1.82, 2.24) is 9.97 Å². The second-order valence-electron chi connectivity index (χ2n) is 2.51. The van der Waals surface area contributed by atoms with Crippen LogP contribution in [0.2, 0.25) is 0 Å². The molecule has 1 heterocycles. The Morgan fingerprint density at radius 1 is 1.33 bits per heavy atom. The lowest BCUT2D eigenvalue weighted by molar-refractivity contribution is 0.728. The highest BCUT2D eigenvalue weighted by molar-refractivity contribution is 4.94. The zero-order valence-electron chi connectivity index (χ0n) is 6.81. The molecule has 0 fully saturated rings. The summed E-state index contributed by atoms with van der Waals surface area (Å²) < 4.78 is 0. The Hall–Kier alpha value is -1.32. The number of hydrogen-bond donors (Lipinski definition) is 0. The predicted octanol–water partition coefficient (Wildman–Crippen LogP) is 1.57. The lowest BCUT2D eigenvalue weighted by Crippen LogP contribution is -1.91. The zero-order valence-corrected chi connectivity index (χ0v) is 6.81. The van der Waals surface area contributed by atoms with Gasteiger partial charge in [0.2, 0.25) is 0 Å². The molecule has 1 rings (SSSR count). The first kappa shape index (κ1) is 8.77. The lowest BCUT2D eigenvalue weighted by atomic mass is 10.2. The number of hydrogen-bond acceptors (Lipinski definition) is 4. The molecular weight excluding hydrogens is 154 g/mol. The molecule has 0 atom stereocenters. The molecule has 0 bridgehead atoms. The van der Waals surface area contributed by atoms with Crippen molar-refractivity contribution in [2.24, 2.45) is 5.18 Å². The fourth-order valence-corrected chi connectivity index (χ4v) is 0.942. The van der Waals surface area contributed by atoms with E-state index in [9.17, 15) is 4.91 Å². The van der Waals surface area contributed by atoms with Crippen LogP contribution in [0.4, 0.5) is 0 Å². The minimum Gasteiger partial charge on any atom is -0.261 e. The maximum atomic E-state index is 9.74. The van der Waals surface area contributed by atoms with Gasteiger partial charge in [-0.25, -0.2) is 0 Å². The molecule has 0 saturated carbocycles. The zero-order chi connectivity index (χ0) is 8.65. The monoisotopic (exact) mass is 165 g/mol. The standard InChI is InChI=1S/C8H11N3O/c12-11-4-2-1-3-8-7-9-5-6-10-8/h5-7H,1-4H2. The fraction of sp³-hybridized carbons (Fsp3) is 0.500. The molecule has 0 unspecified atom stereocenters. The summed E-state index contributed by atoms with van der Waals surface area (Å²) in [6.07, 6.45) is 7.73. The summed E-state index contributed by atoms with van der Waals surface area (Å²) in [5, 5.41) is 2.78. The molecule has 4 nitrogen and oxygen atoms in total. The van der Waals surface area contributed by atoms with Gasteiger partial charge in [0.25, 0.3) is 0 Å². The Bertz CT molecular complexity index is 225. The third-order valence-electron chi connectivity index (χ3n) is 1.55. The van der Waals surface area contributed by atoms with Crippen LogP contribution in [0.15, 0.2) is 23.8 Å². The maximum absolute atomic E-state index is 9.74. The molecule has 4 heteroatoms. The van der Waals surface area contributed by atoms with Crippen LogP contribution in [0.3, 0.4) is 0 Å². The highest BCUT2D eigenvalue weighted by Crippen LogP contribution is 1.99. The Morgan fingerprint density at radius 2 is 2.25 bits per heavy atom. The van der Waals surface area contributed by atoms with Gasteiger partial charge in [0.05, 0.1) is 12.2 Å². The van der Waals surface area contributed by atoms with E-state index in [-0.39, 0.29) is 0 Å². The number of unbranched alkanes of at least 4 members (excludes halogenated alkanes) is 1. The number of nitroso groups, excluding NO2 is 1. The van der Waals surface area contributed by atoms with Crippen molar-refractivity contribution in [3.8, 4) is 0 Å².